The van der Waals surface area contributed by atoms with Crippen molar-refractivity contribution in [3.63, 3.8) is 0 Å². The number of ether oxygens (including phenoxy) is 2. The van der Waals surface area contributed by atoms with E-state index in [-0.39, 0.29) is 0 Å². The zero-order chi connectivity index (χ0) is 13.2. The molecule has 0 amide bonds. The monoisotopic (exact) mass is 263 g/mol. The van der Waals surface area contributed by atoms with E-state index >= 15 is 0 Å². The summed E-state index contributed by atoms with van der Waals surface area (Å²) in [5.41, 5.74) is 6.41. The summed E-state index contributed by atoms with van der Waals surface area (Å²) in [5.74, 6) is 2.06. The summed E-state index contributed by atoms with van der Waals surface area (Å²) in [7, 11) is 0. The number of nitrogens with zero attached hydrogens (tertiary/aromatic N) is 1. The lowest BCUT2D eigenvalue weighted by atomic mass is 10.1. The second-order valence-electron chi connectivity index (χ2n) is 5.24. The van der Waals surface area contributed by atoms with E-state index in [1.54, 1.807) is 0 Å². The summed E-state index contributed by atoms with van der Waals surface area (Å²) in [6.07, 6.45) is 3.97. The Morgan fingerprint density at radius 3 is 3.00 bits per heavy atom. The molecule has 104 valence electrons. The lowest BCUT2D eigenvalue weighted by molar-refractivity contribution is 0.0898. The molecule has 1 aliphatic carbocycles. The maximum absolute atomic E-state index is 5.83. The van der Waals surface area contributed by atoms with Gasteiger partial charge in [-0.05, 0) is 44.2 Å². The Balaban J connectivity index is 1.70. The van der Waals surface area contributed by atoms with E-state index in [1.165, 1.54) is 12.8 Å². The third-order valence-corrected chi connectivity index (χ3v) is 3.73. The van der Waals surface area contributed by atoms with Crippen molar-refractivity contribution in [2.45, 2.75) is 38.3 Å². The van der Waals surface area contributed by atoms with Gasteiger partial charge in [0.15, 0.2) is 0 Å². The lowest BCUT2D eigenvalue weighted by Crippen LogP contribution is -2.31. The van der Waals surface area contributed by atoms with Gasteiger partial charge in [0, 0.05) is 6.61 Å². The van der Waals surface area contributed by atoms with Gasteiger partial charge in [0.2, 0.25) is 5.88 Å². The van der Waals surface area contributed by atoms with Crippen molar-refractivity contribution in [3.05, 3.63) is 12.1 Å². The molecule has 19 heavy (non-hydrogen) atoms. The number of hydrogen-bond acceptors (Lipinski definition) is 5. The van der Waals surface area contributed by atoms with E-state index < -0.39 is 0 Å². The molecule has 3 rings (SSSR count). The minimum absolute atomic E-state index is 0.342. The summed E-state index contributed by atoms with van der Waals surface area (Å²) < 4.78 is 11.2. The quantitative estimate of drug-likeness (QED) is 0.850. The van der Waals surface area contributed by atoms with Crippen molar-refractivity contribution >= 4 is 11.5 Å². The van der Waals surface area contributed by atoms with Crippen molar-refractivity contribution in [3.8, 4) is 5.88 Å². The summed E-state index contributed by atoms with van der Waals surface area (Å²) >= 11 is 0. The molecule has 1 aromatic rings. The third-order valence-electron chi connectivity index (χ3n) is 3.73. The van der Waals surface area contributed by atoms with Gasteiger partial charge in [-0.25, -0.2) is 0 Å². The van der Waals surface area contributed by atoms with Crippen LogP contribution < -0.4 is 15.8 Å². The van der Waals surface area contributed by atoms with Gasteiger partial charge in [0.1, 0.15) is 5.82 Å². The molecule has 1 saturated carbocycles. The third kappa shape index (κ3) is 2.76. The minimum atomic E-state index is 0.342. The van der Waals surface area contributed by atoms with Crippen LogP contribution in [0.4, 0.5) is 11.5 Å². The highest BCUT2D eigenvalue weighted by molar-refractivity contribution is 5.54. The van der Waals surface area contributed by atoms with Crippen LogP contribution in [-0.2, 0) is 4.74 Å². The van der Waals surface area contributed by atoms with Crippen LogP contribution in [0.1, 0.15) is 26.2 Å². The summed E-state index contributed by atoms with van der Waals surface area (Å²) in [6, 6.07) is 4.10. The Morgan fingerprint density at radius 1 is 1.42 bits per heavy atom. The van der Waals surface area contributed by atoms with Gasteiger partial charge >= 0.3 is 0 Å². The molecular formula is C14H21N3O2. The smallest absolute Gasteiger partial charge is 0.239 e. The maximum Gasteiger partial charge on any atom is 0.239 e. The van der Waals surface area contributed by atoms with Crippen LogP contribution in [0.2, 0.25) is 0 Å². The van der Waals surface area contributed by atoms with E-state index in [4.69, 9.17) is 15.2 Å². The first-order valence-electron chi connectivity index (χ1n) is 7.05. The second kappa shape index (κ2) is 5.25. The molecule has 2 heterocycles. The highest BCUT2D eigenvalue weighted by Gasteiger charge is 2.40. The Bertz CT molecular complexity index is 448. The molecule has 2 atom stereocenters. The van der Waals surface area contributed by atoms with Gasteiger partial charge < -0.3 is 20.5 Å². The summed E-state index contributed by atoms with van der Waals surface area (Å²) in [5, 5.41) is 3.47. The van der Waals surface area contributed by atoms with E-state index in [9.17, 15) is 0 Å². The molecule has 1 aromatic heterocycles. The molecule has 1 aliphatic heterocycles. The van der Waals surface area contributed by atoms with Gasteiger partial charge in [-0.2, -0.15) is 4.98 Å². The fraction of sp³-hybridized carbons (Fsp3) is 0.643. The van der Waals surface area contributed by atoms with Crippen LogP contribution >= 0.6 is 0 Å². The molecule has 0 bridgehead atoms. The number of pyridine rings is 1. The van der Waals surface area contributed by atoms with Crippen LogP contribution in [0.15, 0.2) is 12.1 Å². The summed E-state index contributed by atoms with van der Waals surface area (Å²) in [4.78, 5) is 4.43. The Morgan fingerprint density at radius 2 is 2.26 bits per heavy atom. The lowest BCUT2D eigenvalue weighted by Gasteiger charge is -2.20. The van der Waals surface area contributed by atoms with Crippen molar-refractivity contribution in [2.24, 2.45) is 5.92 Å². The second-order valence-corrected chi connectivity index (χ2v) is 5.24. The first kappa shape index (κ1) is 12.5. The van der Waals surface area contributed by atoms with Crippen molar-refractivity contribution < 1.29 is 9.47 Å². The molecule has 2 unspecified atom stereocenters. The van der Waals surface area contributed by atoms with Crippen LogP contribution in [-0.4, -0.2) is 30.3 Å². The molecule has 2 fully saturated rings. The number of nitrogens with one attached hydrogen (secondary N) is 1. The molecule has 5 nitrogen and oxygen atoms in total. The number of nitrogens with two attached hydrogens (primary N) is 1. The number of nitrogen functional groups attached to an aromatic ring is 1. The van der Waals surface area contributed by atoms with Gasteiger partial charge in [0.25, 0.3) is 0 Å². The van der Waals surface area contributed by atoms with Crippen LogP contribution in [0.5, 0.6) is 5.88 Å². The van der Waals surface area contributed by atoms with Gasteiger partial charge in [-0.3, -0.25) is 0 Å². The van der Waals surface area contributed by atoms with E-state index in [2.05, 4.69) is 10.3 Å². The molecule has 0 aromatic carbocycles. The van der Waals surface area contributed by atoms with Crippen molar-refractivity contribution in [1.82, 2.24) is 4.98 Å². The van der Waals surface area contributed by atoms with E-state index in [0.717, 1.165) is 24.8 Å². The largest absolute Gasteiger partial charge is 0.476 e. The van der Waals surface area contributed by atoms with Crippen LogP contribution in [0.25, 0.3) is 0 Å². The fourth-order valence-electron chi connectivity index (χ4n) is 2.63. The average molecular weight is 263 g/mol. The Labute approximate surface area is 113 Å². The topological polar surface area (TPSA) is 69.4 Å². The first-order valence-corrected chi connectivity index (χ1v) is 7.05. The molecule has 0 spiro atoms. The number of rotatable bonds is 5. The first-order chi connectivity index (χ1) is 9.28. The van der Waals surface area contributed by atoms with Crippen LogP contribution in [0.3, 0.4) is 0 Å². The number of aromatic nitrogens is 1. The standard InChI is InChI=1S/C14H21N3O2/c1-2-18-14-10(15)5-6-12(17-14)16-11-7-8-19-13(11)9-3-4-9/h5-6,9,11,13H,2-4,7-8,15H2,1H3,(H,16,17). The zero-order valence-corrected chi connectivity index (χ0v) is 11.3. The predicted octanol–water partition coefficient (Wildman–Crippen LogP) is 2.04. The molecular weight excluding hydrogens is 242 g/mol. The molecule has 5 heteroatoms. The van der Waals surface area contributed by atoms with Gasteiger partial charge in [0.05, 0.1) is 24.4 Å². The normalized spacial score (nSPS) is 26.4. The van der Waals surface area contributed by atoms with E-state index in [0.29, 0.717) is 30.3 Å². The Hall–Kier alpha value is -1.49. The number of hydrogen-bond donors (Lipinski definition) is 2. The minimum Gasteiger partial charge on any atom is -0.476 e. The molecule has 0 radical (unpaired) electrons. The molecule has 2 aliphatic rings. The molecule has 3 N–H and O–H groups in total. The Kier molecular flexibility index (Phi) is 3.46. The predicted molar refractivity (Wildman–Crippen MR) is 74.3 cm³/mol. The van der Waals surface area contributed by atoms with E-state index in [1.807, 2.05) is 19.1 Å². The fourth-order valence-corrected chi connectivity index (χ4v) is 2.63. The van der Waals surface area contributed by atoms with Crippen LogP contribution in [0, 0.1) is 5.92 Å². The maximum atomic E-state index is 5.83. The highest BCUT2D eigenvalue weighted by atomic mass is 16.5. The van der Waals surface area contributed by atoms with Crippen molar-refractivity contribution in [2.75, 3.05) is 24.3 Å². The van der Waals surface area contributed by atoms with Crippen molar-refractivity contribution in [1.29, 1.82) is 0 Å². The summed E-state index contributed by atoms with van der Waals surface area (Å²) in [6.45, 7) is 3.33. The van der Waals surface area contributed by atoms with Gasteiger partial charge in [-0.15, -0.1) is 0 Å². The molecule has 1 saturated heterocycles. The SMILES string of the molecule is CCOc1nc(NC2CCOC2C2CC2)ccc1N. The highest BCUT2D eigenvalue weighted by Crippen LogP contribution is 2.39. The van der Waals surface area contributed by atoms with Gasteiger partial charge in [-0.1, -0.05) is 0 Å². The zero-order valence-electron chi connectivity index (χ0n) is 11.3. The number of anilines is 2. The average Bonchev–Trinajstić information content (AvgIpc) is 3.15.